The van der Waals surface area contributed by atoms with Crippen LogP contribution in [0.3, 0.4) is 0 Å². The maximum atomic E-state index is 5.76. The van der Waals surface area contributed by atoms with E-state index < -0.39 is 0 Å². The van der Waals surface area contributed by atoms with Crippen molar-refractivity contribution >= 4 is 33.2 Å². The molecule has 2 N–H and O–H groups in total. The van der Waals surface area contributed by atoms with E-state index >= 15 is 0 Å². The Hall–Kier alpha value is -0.410. The van der Waals surface area contributed by atoms with Gasteiger partial charge in [0.1, 0.15) is 5.75 Å². The number of methoxy groups -OCH3 is 1. The predicted octanol–water partition coefficient (Wildman–Crippen LogP) is 2.69. The van der Waals surface area contributed by atoms with Crippen LogP contribution >= 0.6 is 27.5 Å². The predicted molar refractivity (Wildman–Crippen MR) is 50.1 cm³/mol. The average Bonchev–Trinajstić information content (AvgIpc) is 1.99. The molecule has 1 aromatic carbocycles. The molecule has 0 atom stereocenters. The number of rotatable bonds is 1. The molecule has 0 spiro atoms. The second kappa shape index (κ2) is 3.32. The Balaban J connectivity index is 3.21. The molecule has 0 aliphatic carbocycles. The highest BCUT2D eigenvalue weighted by atomic mass is 79.9. The summed E-state index contributed by atoms with van der Waals surface area (Å²) in [5, 5.41) is 0.497. The van der Waals surface area contributed by atoms with Gasteiger partial charge in [-0.3, -0.25) is 0 Å². The van der Waals surface area contributed by atoms with Crippen LogP contribution in [0.25, 0.3) is 0 Å². The van der Waals surface area contributed by atoms with Gasteiger partial charge in [0.2, 0.25) is 0 Å². The summed E-state index contributed by atoms with van der Waals surface area (Å²) in [6, 6.07) is 3.43. The third-order valence-corrected chi connectivity index (χ3v) is 2.26. The topological polar surface area (TPSA) is 35.2 Å². The summed E-state index contributed by atoms with van der Waals surface area (Å²) in [7, 11) is 1.58. The number of hydrogen-bond donors (Lipinski definition) is 1. The minimum Gasteiger partial charge on any atom is -0.497 e. The van der Waals surface area contributed by atoms with E-state index in [1.165, 1.54) is 0 Å². The largest absolute Gasteiger partial charge is 0.497 e. The Morgan fingerprint density at radius 2 is 2.18 bits per heavy atom. The van der Waals surface area contributed by atoms with Crippen LogP contribution < -0.4 is 10.5 Å². The summed E-state index contributed by atoms with van der Waals surface area (Å²) in [6.07, 6.45) is 0. The molecular weight excluding hydrogens is 229 g/mol. The number of halogens is 2. The van der Waals surface area contributed by atoms with Crippen molar-refractivity contribution in [1.82, 2.24) is 0 Å². The summed E-state index contributed by atoms with van der Waals surface area (Å²) < 4.78 is 5.71. The second-order valence-electron chi connectivity index (χ2n) is 2.00. The molecule has 0 saturated carbocycles. The van der Waals surface area contributed by atoms with Crippen molar-refractivity contribution in [3.63, 3.8) is 0 Å². The van der Waals surface area contributed by atoms with Crippen molar-refractivity contribution in [1.29, 1.82) is 0 Å². The molecule has 0 bridgehead atoms. The van der Waals surface area contributed by atoms with Crippen molar-refractivity contribution < 1.29 is 4.74 Å². The molecule has 0 unspecified atom stereocenters. The number of ether oxygens (including phenoxy) is 1. The van der Waals surface area contributed by atoms with Crippen LogP contribution in [0.5, 0.6) is 5.75 Å². The van der Waals surface area contributed by atoms with E-state index in [1.54, 1.807) is 19.2 Å². The molecule has 0 fully saturated rings. The second-order valence-corrected chi connectivity index (χ2v) is 3.27. The molecule has 60 valence electrons. The van der Waals surface area contributed by atoms with Crippen molar-refractivity contribution in [2.75, 3.05) is 12.8 Å². The molecule has 2 nitrogen and oxygen atoms in total. The maximum absolute atomic E-state index is 5.76. The van der Waals surface area contributed by atoms with Gasteiger partial charge < -0.3 is 10.5 Å². The molecular formula is C7H7BrClNO. The van der Waals surface area contributed by atoms with E-state index in [0.29, 0.717) is 16.5 Å². The standard InChI is InChI=1S/C7H7BrClNO/c1-11-4-2-5(8)7(10)6(9)3-4/h2-3H,10H2,1H3. The van der Waals surface area contributed by atoms with Crippen molar-refractivity contribution in [3.05, 3.63) is 21.6 Å². The van der Waals surface area contributed by atoms with Crippen LogP contribution in [0.1, 0.15) is 0 Å². The van der Waals surface area contributed by atoms with E-state index in [0.717, 1.165) is 4.47 Å². The van der Waals surface area contributed by atoms with E-state index in [4.69, 9.17) is 22.1 Å². The maximum Gasteiger partial charge on any atom is 0.121 e. The van der Waals surface area contributed by atoms with Gasteiger partial charge in [-0.1, -0.05) is 11.6 Å². The van der Waals surface area contributed by atoms with Crippen molar-refractivity contribution in [2.24, 2.45) is 0 Å². The number of nitrogen functional groups attached to an aromatic ring is 1. The lowest BCUT2D eigenvalue weighted by Crippen LogP contribution is -1.90. The van der Waals surface area contributed by atoms with Crippen LogP contribution in [0.15, 0.2) is 16.6 Å². The highest BCUT2D eigenvalue weighted by Crippen LogP contribution is 2.32. The molecule has 1 rings (SSSR count). The van der Waals surface area contributed by atoms with Gasteiger partial charge in [-0.2, -0.15) is 0 Å². The van der Waals surface area contributed by atoms with Gasteiger partial charge >= 0.3 is 0 Å². The molecule has 4 heteroatoms. The van der Waals surface area contributed by atoms with Gasteiger partial charge in [0, 0.05) is 10.5 Å². The highest BCUT2D eigenvalue weighted by molar-refractivity contribution is 9.10. The third-order valence-electron chi connectivity index (χ3n) is 1.29. The fourth-order valence-corrected chi connectivity index (χ4v) is 1.44. The minimum absolute atomic E-state index is 0.497. The van der Waals surface area contributed by atoms with Gasteiger partial charge in [-0.25, -0.2) is 0 Å². The molecule has 0 radical (unpaired) electrons. The van der Waals surface area contributed by atoms with Crippen LogP contribution in [-0.2, 0) is 0 Å². The van der Waals surface area contributed by atoms with Crippen molar-refractivity contribution in [3.8, 4) is 5.75 Å². The van der Waals surface area contributed by atoms with Gasteiger partial charge in [0.15, 0.2) is 0 Å². The quantitative estimate of drug-likeness (QED) is 0.761. The lowest BCUT2D eigenvalue weighted by molar-refractivity contribution is 0.414. The SMILES string of the molecule is COc1cc(Cl)c(N)c(Br)c1. The summed E-state index contributed by atoms with van der Waals surface area (Å²) in [5.41, 5.74) is 6.11. The van der Waals surface area contributed by atoms with Gasteiger partial charge in [0.25, 0.3) is 0 Å². The van der Waals surface area contributed by atoms with Gasteiger partial charge in [-0.05, 0) is 22.0 Å². The van der Waals surface area contributed by atoms with Gasteiger partial charge in [0.05, 0.1) is 17.8 Å². The zero-order chi connectivity index (χ0) is 8.43. The minimum atomic E-state index is 0.497. The van der Waals surface area contributed by atoms with Crippen LogP contribution in [-0.4, -0.2) is 7.11 Å². The molecule has 11 heavy (non-hydrogen) atoms. The van der Waals surface area contributed by atoms with Crippen LogP contribution in [0, 0.1) is 0 Å². The molecule has 0 aliphatic heterocycles. The first kappa shape index (κ1) is 8.68. The van der Waals surface area contributed by atoms with Crippen LogP contribution in [0.2, 0.25) is 5.02 Å². The molecule has 0 aromatic heterocycles. The van der Waals surface area contributed by atoms with E-state index in [-0.39, 0.29) is 0 Å². The highest BCUT2D eigenvalue weighted by Gasteiger charge is 2.03. The molecule has 0 saturated heterocycles. The van der Waals surface area contributed by atoms with E-state index in [9.17, 15) is 0 Å². The van der Waals surface area contributed by atoms with Gasteiger partial charge in [-0.15, -0.1) is 0 Å². The fourth-order valence-electron chi connectivity index (χ4n) is 0.679. The summed E-state index contributed by atoms with van der Waals surface area (Å²) >= 11 is 9.01. The first-order valence-corrected chi connectivity index (χ1v) is 4.10. The molecule has 0 heterocycles. The zero-order valence-electron chi connectivity index (χ0n) is 5.90. The van der Waals surface area contributed by atoms with Crippen LogP contribution in [0.4, 0.5) is 5.69 Å². The zero-order valence-corrected chi connectivity index (χ0v) is 8.24. The summed E-state index contributed by atoms with van der Waals surface area (Å²) in [4.78, 5) is 0. The summed E-state index contributed by atoms with van der Waals surface area (Å²) in [6.45, 7) is 0. The first-order chi connectivity index (χ1) is 5.15. The number of hydrogen-bond acceptors (Lipinski definition) is 2. The fraction of sp³-hybridized carbons (Fsp3) is 0.143. The number of anilines is 1. The number of nitrogens with two attached hydrogens (primary N) is 1. The Labute approximate surface area is 78.4 Å². The normalized spacial score (nSPS) is 9.73. The lowest BCUT2D eigenvalue weighted by atomic mass is 10.3. The first-order valence-electron chi connectivity index (χ1n) is 2.93. The third kappa shape index (κ3) is 1.79. The Morgan fingerprint density at radius 3 is 2.64 bits per heavy atom. The lowest BCUT2D eigenvalue weighted by Gasteiger charge is -2.04. The number of benzene rings is 1. The Kier molecular flexibility index (Phi) is 2.62. The van der Waals surface area contributed by atoms with E-state index in [1.807, 2.05) is 0 Å². The van der Waals surface area contributed by atoms with Crippen molar-refractivity contribution in [2.45, 2.75) is 0 Å². The molecule has 0 amide bonds. The molecule has 0 aliphatic rings. The smallest absolute Gasteiger partial charge is 0.121 e. The Morgan fingerprint density at radius 1 is 1.55 bits per heavy atom. The monoisotopic (exact) mass is 235 g/mol. The molecule has 1 aromatic rings. The van der Waals surface area contributed by atoms with E-state index in [2.05, 4.69) is 15.9 Å². The average molecular weight is 236 g/mol. The Bertz CT molecular complexity index is 254. The summed E-state index contributed by atoms with van der Waals surface area (Å²) in [5.74, 6) is 0.691.